The molecule has 2 bridgehead atoms. The molecule has 218 valence electrons. The van der Waals surface area contributed by atoms with Gasteiger partial charge in [0.25, 0.3) is 5.91 Å². The second kappa shape index (κ2) is 11.5. The number of hydrogen-bond acceptors (Lipinski definition) is 6. The van der Waals surface area contributed by atoms with Gasteiger partial charge < -0.3 is 14.8 Å². The maximum Gasteiger partial charge on any atom is 0.251 e. The van der Waals surface area contributed by atoms with Crippen molar-refractivity contribution in [2.24, 2.45) is 5.92 Å². The zero-order chi connectivity index (χ0) is 28.6. The van der Waals surface area contributed by atoms with E-state index in [1.165, 1.54) is 12.8 Å². The lowest BCUT2D eigenvalue weighted by Gasteiger charge is -2.46. The van der Waals surface area contributed by atoms with E-state index in [0.29, 0.717) is 29.6 Å². The molecular formula is C34H39N5O3. The van der Waals surface area contributed by atoms with Crippen molar-refractivity contribution < 1.29 is 14.3 Å². The van der Waals surface area contributed by atoms with Crippen LogP contribution in [0.3, 0.4) is 0 Å². The van der Waals surface area contributed by atoms with E-state index in [9.17, 15) is 4.79 Å². The Bertz CT molecular complexity index is 1520. The predicted octanol–water partition coefficient (Wildman–Crippen LogP) is 5.92. The quantitative estimate of drug-likeness (QED) is 0.262. The highest BCUT2D eigenvalue weighted by Gasteiger charge is 2.46. The van der Waals surface area contributed by atoms with Crippen LogP contribution in [0.5, 0.6) is 5.75 Å². The molecule has 2 aromatic carbocycles. The van der Waals surface area contributed by atoms with E-state index in [4.69, 9.17) is 9.47 Å². The fraction of sp³-hybridized carbons (Fsp3) is 0.441. The number of aromatic amines is 1. The number of rotatable bonds is 9. The number of amides is 1. The van der Waals surface area contributed by atoms with Crippen LogP contribution >= 0.6 is 0 Å². The van der Waals surface area contributed by atoms with E-state index in [-0.39, 0.29) is 18.1 Å². The van der Waals surface area contributed by atoms with Gasteiger partial charge in [-0.1, -0.05) is 19.9 Å². The Balaban J connectivity index is 1.05. The number of nitrogens with one attached hydrogen (secondary N) is 2. The smallest absolute Gasteiger partial charge is 0.251 e. The van der Waals surface area contributed by atoms with Crippen molar-refractivity contribution >= 4 is 16.8 Å². The number of nitrogens with zero attached hydrogens (tertiary/aromatic N) is 3. The molecular weight excluding hydrogens is 526 g/mol. The normalized spacial score (nSPS) is 23.2. The minimum Gasteiger partial charge on any atom is -0.490 e. The summed E-state index contributed by atoms with van der Waals surface area (Å²) in [7, 11) is 0. The topological polar surface area (TPSA) is 92.4 Å². The summed E-state index contributed by atoms with van der Waals surface area (Å²) >= 11 is 0. The predicted molar refractivity (Wildman–Crippen MR) is 162 cm³/mol. The van der Waals surface area contributed by atoms with E-state index >= 15 is 0 Å². The van der Waals surface area contributed by atoms with E-state index < -0.39 is 0 Å². The van der Waals surface area contributed by atoms with Gasteiger partial charge in [-0.05, 0) is 92.6 Å². The molecule has 8 nitrogen and oxygen atoms in total. The summed E-state index contributed by atoms with van der Waals surface area (Å²) < 4.78 is 11.9. The van der Waals surface area contributed by atoms with Crippen LogP contribution in [0.25, 0.3) is 22.2 Å². The van der Waals surface area contributed by atoms with Crippen LogP contribution < -0.4 is 10.1 Å². The Morgan fingerprint density at radius 3 is 2.50 bits per heavy atom. The maximum atomic E-state index is 13.4. The molecule has 3 saturated heterocycles. The lowest BCUT2D eigenvalue weighted by Crippen LogP contribution is -2.57. The van der Waals surface area contributed by atoms with Crippen molar-refractivity contribution in [3.8, 4) is 17.0 Å². The number of piperidine rings is 1. The molecule has 8 heteroatoms. The standard InChI is InChI=1S/C34H39N5O3/c1-21(2)15-32(31-5-3-4-14-35-31)36-34(40)23-8-13-30-29(16-23)33(38-37-30)22-6-11-27(12-7-22)42-28-17-24-9-10-25(18-28)39(24)26-19-41-20-26/h3-8,11-14,16,21,24-26,28,32H,9-10,15,17-20H2,1-2H3,(H,36,40)(H,37,38)/t24-,25+,28-,32?. The number of ether oxygens (including phenoxy) is 2. The average molecular weight is 566 g/mol. The molecule has 7 rings (SSSR count). The highest BCUT2D eigenvalue weighted by atomic mass is 16.5. The molecule has 2 aromatic heterocycles. The van der Waals surface area contributed by atoms with Crippen molar-refractivity contribution in [1.29, 1.82) is 0 Å². The van der Waals surface area contributed by atoms with Crippen LogP contribution in [0.1, 0.15) is 68.0 Å². The zero-order valence-corrected chi connectivity index (χ0v) is 24.3. The first-order valence-corrected chi connectivity index (χ1v) is 15.3. The van der Waals surface area contributed by atoms with Crippen molar-refractivity contribution in [2.45, 2.75) is 76.2 Å². The third kappa shape index (κ3) is 5.41. The van der Waals surface area contributed by atoms with E-state index in [0.717, 1.165) is 66.1 Å². The number of aromatic nitrogens is 3. The second-order valence-corrected chi connectivity index (χ2v) is 12.5. The maximum absolute atomic E-state index is 13.4. The van der Waals surface area contributed by atoms with E-state index in [2.05, 4.69) is 51.4 Å². The molecule has 5 heterocycles. The number of carbonyl (C=O) groups is 1. The summed E-state index contributed by atoms with van der Waals surface area (Å²) in [6, 6.07) is 21.4. The summed E-state index contributed by atoms with van der Waals surface area (Å²) in [6.07, 6.45) is 7.55. The van der Waals surface area contributed by atoms with Gasteiger partial charge in [0.2, 0.25) is 0 Å². The first kappa shape index (κ1) is 27.1. The first-order chi connectivity index (χ1) is 20.5. The molecule has 0 spiro atoms. The lowest BCUT2D eigenvalue weighted by molar-refractivity contribution is -0.102. The van der Waals surface area contributed by atoms with Crippen LogP contribution in [-0.4, -0.2) is 63.4 Å². The molecule has 4 atom stereocenters. The molecule has 0 aliphatic carbocycles. The number of H-pyrrole nitrogens is 1. The average Bonchev–Trinajstić information content (AvgIpc) is 3.49. The Hall–Kier alpha value is -3.75. The molecule has 4 aromatic rings. The summed E-state index contributed by atoms with van der Waals surface area (Å²) in [5.41, 5.74) is 4.17. The number of benzene rings is 2. The largest absolute Gasteiger partial charge is 0.490 e. The summed E-state index contributed by atoms with van der Waals surface area (Å²) in [5.74, 6) is 1.20. The molecule has 1 amide bonds. The molecule has 0 saturated carbocycles. The van der Waals surface area contributed by atoms with E-state index in [1.54, 1.807) is 6.20 Å². The van der Waals surface area contributed by atoms with Gasteiger partial charge in [0.15, 0.2) is 0 Å². The number of carbonyl (C=O) groups excluding carboxylic acids is 1. The molecule has 42 heavy (non-hydrogen) atoms. The molecule has 0 radical (unpaired) electrons. The highest BCUT2D eigenvalue weighted by molar-refractivity contribution is 6.01. The second-order valence-electron chi connectivity index (χ2n) is 12.5. The Morgan fingerprint density at radius 1 is 1.05 bits per heavy atom. The lowest BCUT2D eigenvalue weighted by atomic mass is 9.96. The van der Waals surface area contributed by atoms with Gasteiger partial charge >= 0.3 is 0 Å². The first-order valence-electron chi connectivity index (χ1n) is 15.3. The molecule has 3 aliphatic heterocycles. The summed E-state index contributed by atoms with van der Waals surface area (Å²) in [6.45, 7) is 6.08. The van der Waals surface area contributed by atoms with Crippen LogP contribution in [0.2, 0.25) is 0 Å². The SMILES string of the molecule is CC(C)CC(NC(=O)c1ccc2[nH]nc(-c3ccc(O[C@@H]4C[C@H]5CC[C@@H](C4)N5C4COC4)cc3)c2c1)c1ccccn1. The van der Waals surface area contributed by atoms with Gasteiger partial charge in [-0.25, -0.2) is 0 Å². The Morgan fingerprint density at radius 2 is 1.83 bits per heavy atom. The molecule has 2 N–H and O–H groups in total. The number of fused-ring (bicyclic) bond motifs is 3. The van der Waals surface area contributed by atoms with Gasteiger partial charge in [0.1, 0.15) is 11.9 Å². The van der Waals surface area contributed by atoms with Crippen LogP contribution in [0.4, 0.5) is 0 Å². The zero-order valence-electron chi connectivity index (χ0n) is 24.3. The van der Waals surface area contributed by atoms with Crippen LogP contribution in [0.15, 0.2) is 66.9 Å². The van der Waals surface area contributed by atoms with Gasteiger partial charge in [-0.2, -0.15) is 5.10 Å². The Kier molecular flexibility index (Phi) is 7.42. The molecule has 3 aliphatic rings. The van der Waals surface area contributed by atoms with Gasteiger partial charge in [0.05, 0.1) is 42.2 Å². The van der Waals surface area contributed by atoms with Gasteiger partial charge in [-0.3, -0.25) is 19.8 Å². The molecule has 3 fully saturated rings. The number of hydrogen-bond donors (Lipinski definition) is 2. The van der Waals surface area contributed by atoms with Crippen LogP contribution in [0, 0.1) is 5.92 Å². The summed E-state index contributed by atoms with van der Waals surface area (Å²) in [5, 5.41) is 11.9. The van der Waals surface area contributed by atoms with Crippen LogP contribution in [-0.2, 0) is 4.74 Å². The van der Waals surface area contributed by atoms with E-state index in [1.807, 2.05) is 48.5 Å². The highest BCUT2D eigenvalue weighted by Crippen LogP contribution is 2.40. The number of pyridine rings is 1. The molecule has 1 unspecified atom stereocenters. The van der Waals surface area contributed by atoms with Crippen molar-refractivity contribution in [3.05, 3.63) is 78.1 Å². The third-order valence-electron chi connectivity index (χ3n) is 9.10. The fourth-order valence-electron chi connectivity index (χ4n) is 7.06. The third-order valence-corrected chi connectivity index (χ3v) is 9.10. The van der Waals surface area contributed by atoms with Crippen molar-refractivity contribution in [1.82, 2.24) is 25.4 Å². The minimum atomic E-state index is -0.152. The minimum absolute atomic E-state index is 0.117. The van der Waals surface area contributed by atoms with Crippen molar-refractivity contribution in [3.63, 3.8) is 0 Å². The fourth-order valence-corrected chi connectivity index (χ4v) is 7.06. The van der Waals surface area contributed by atoms with Gasteiger partial charge in [-0.15, -0.1) is 0 Å². The monoisotopic (exact) mass is 565 g/mol. The van der Waals surface area contributed by atoms with Gasteiger partial charge in [0, 0.05) is 34.8 Å². The summed E-state index contributed by atoms with van der Waals surface area (Å²) in [4.78, 5) is 20.6. The van der Waals surface area contributed by atoms with Crippen molar-refractivity contribution in [2.75, 3.05) is 13.2 Å². The Labute approximate surface area is 246 Å².